The molecule has 0 unspecified atom stereocenters. The van der Waals surface area contributed by atoms with E-state index in [1.165, 1.54) is 16.0 Å². The van der Waals surface area contributed by atoms with Gasteiger partial charge in [-0.1, -0.05) is 12.1 Å². The summed E-state index contributed by atoms with van der Waals surface area (Å²) in [5.74, 6) is 0. The Balaban J connectivity index is 1.98. The van der Waals surface area contributed by atoms with E-state index in [0.717, 1.165) is 18.8 Å². The second kappa shape index (κ2) is 5.34. The fourth-order valence-corrected chi connectivity index (χ4v) is 2.86. The van der Waals surface area contributed by atoms with E-state index >= 15 is 0 Å². The summed E-state index contributed by atoms with van der Waals surface area (Å²) in [5, 5.41) is 2.15. The van der Waals surface area contributed by atoms with Crippen LogP contribution in [0.4, 0.5) is 5.69 Å². The Morgan fingerprint density at radius 3 is 2.71 bits per heavy atom. The summed E-state index contributed by atoms with van der Waals surface area (Å²) in [4.78, 5) is 3.75. The van der Waals surface area contributed by atoms with Gasteiger partial charge < -0.3 is 5.73 Å². The van der Waals surface area contributed by atoms with Crippen molar-refractivity contribution in [2.24, 2.45) is 0 Å². The zero-order valence-corrected chi connectivity index (χ0v) is 11.1. The summed E-state index contributed by atoms with van der Waals surface area (Å²) >= 11 is 1.83. The van der Waals surface area contributed by atoms with Crippen LogP contribution in [-0.2, 0) is 13.1 Å². The molecule has 90 valence electrons. The largest absolute Gasteiger partial charge is 0.399 e. The molecule has 1 aromatic heterocycles. The number of benzene rings is 1. The molecule has 0 bridgehead atoms. The first kappa shape index (κ1) is 12.1. The molecule has 0 saturated heterocycles. The zero-order valence-electron chi connectivity index (χ0n) is 10.3. The summed E-state index contributed by atoms with van der Waals surface area (Å²) < 4.78 is 0. The lowest BCUT2D eigenvalue weighted by atomic mass is 10.2. The number of nitrogens with zero attached hydrogens (tertiary/aromatic N) is 1. The Bertz CT molecular complexity index is 490. The molecule has 0 aliphatic rings. The lowest BCUT2D eigenvalue weighted by Crippen LogP contribution is -2.17. The van der Waals surface area contributed by atoms with Crippen molar-refractivity contribution in [3.05, 3.63) is 51.7 Å². The fraction of sp³-hybridized carbons (Fsp3) is 0.286. The Morgan fingerprint density at radius 1 is 1.24 bits per heavy atom. The van der Waals surface area contributed by atoms with Gasteiger partial charge in [0, 0.05) is 23.7 Å². The van der Waals surface area contributed by atoms with E-state index in [-0.39, 0.29) is 0 Å². The van der Waals surface area contributed by atoms with Gasteiger partial charge in [0.1, 0.15) is 0 Å². The highest BCUT2D eigenvalue weighted by molar-refractivity contribution is 7.10. The molecule has 2 aromatic rings. The van der Waals surface area contributed by atoms with E-state index in [2.05, 4.69) is 36.4 Å². The smallest absolute Gasteiger partial charge is 0.0331 e. The zero-order chi connectivity index (χ0) is 12.3. The number of hydrogen-bond donors (Lipinski definition) is 1. The van der Waals surface area contributed by atoms with Gasteiger partial charge in [-0.05, 0) is 48.7 Å². The number of anilines is 1. The highest BCUT2D eigenvalue weighted by Gasteiger charge is 2.05. The molecule has 0 aliphatic heterocycles. The van der Waals surface area contributed by atoms with E-state index < -0.39 is 0 Å². The highest BCUT2D eigenvalue weighted by atomic mass is 32.1. The highest BCUT2D eigenvalue weighted by Crippen LogP contribution is 2.18. The van der Waals surface area contributed by atoms with E-state index in [4.69, 9.17) is 5.73 Å². The molecule has 2 rings (SSSR count). The Kier molecular flexibility index (Phi) is 3.82. The molecule has 2 N–H and O–H groups in total. The molecule has 0 aliphatic carbocycles. The molecule has 0 saturated carbocycles. The molecular weight excluding hydrogens is 228 g/mol. The van der Waals surface area contributed by atoms with E-state index in [0.29, 0.717) is 0 Å². The molecule has 1 aromatic carbocycles. The third-order valence-corrected chi connectivity index (χ3v) is 3.79. The van der Waals surface area contributed by atoms with E-state index in [9.17, 15) is 0 Å². The van der Waals surface area contributed by atoms with Crippen LogP contribution >= 0.6 is 11.3 Å². The number of hydrogen-bond acceptors (Lipinski definition) is 3. The van der Waals surface area contributed by atoms with Gasteiger partial charge in [-0.2, -0.15) is 0 Å². The normalized spacial score (nSPS) is 11.0. The van der Waals surface area contributed by atoms with Gasteiger partial charge in [-0.3, -0.25) is 4.90 Å². The standard InChI is InChI=1S/C14H18N2S/c1-11-6-7-17-14(11)10-16(2)9-12-4-3-5-13(15)8-12/h3-8H,9-10,15H2,1-2H3. The molecule has 0 spiro atoms. The average Bonchev–Trinajstić information content (AvgIpc) is 2.64. The summed E-state index contributed by atoms with van der Waals surface area (Å²) in [6.45, 7) is 4.10. The fourth-order valence-electron chi connectivity index (χ4n) is 1.87. The molecule has 0 atom stereocenters. The first-order valence-corrected chi connectivity index (χ1v) is 6.59. The number of nitrogens with two attached hydrogens (primary N) is 1. The van der Waals surface area contributed by atoms with Crippen molar-refractivity contribution in [3.63, 3.8) is 0 Å². The number of rotatable bonds is 4. The van der Waals surface area contributed by atoms with Crippen molar-refractivity contribution < 1.29 is 0 Å². The predicted octanol–water partition coefficient (Wildman–Crippen LogP) is 3.27. The monoisotopic (exact) mass is 246 g/mol. The molecule has 1 heterocycles. The van der Waals surface area contributed by atoms with Crippen LogP contribution in [0.15, 0.2) is 35.7 Å². The summed E-state index contributed by atoms with van der Waals surface area (Å²) in [6, 6.07) is 10.3. The minimum atomic E-state index is 0.836. The summed E-state index contributed by atoms with van der Waals surface area (Å²) in [7, 11) is 2.14. The quantitative estimate of drug-likeness (QED) is 0.839. The number of thiophene rings is 1. The lowest BCUT2D eigenvalue weighted by molar-refractivity contribution is 0.321. The molecular formula is C14H18N2S. The molecule has 0 amide bonds. The Labute approximate surface area is 107 Å². The third-order valence-electron chi connectivity index (χ3n) is 2.79. The second-order valence-electron chi connectivity index (χ2n) is 4.44. The number of aryl methyl sites for hydroxylation is 1. The van der Waals surface area contributed by atoms with Gasteiger partial charge in [-0.15, -0.1) is 11.3 Å². The van der Waals surface area contributed by atoms with Gasteiger partial charge >= 0.3 is 0 Å². The minimum Gasteiger partial charge on any atom is -0.399 e. The van der Waals surface area contributed by atoms with Gasteiger partial charge in [0.2, 0.25) is 0 Å². The maximum absolute atomic E-state index is 5.78. The predicted molar refractivity (Wildman–Crippen MR) is 75.1 cm³/mol. The summed E-state index contributed by atoms with van der Waals surface area (Å²) in [5.41, 5.74) is 9.26. The van der Waals surface area contributed by atoms with Crippen molar-refractivity contribution in [3.8, 4) is 0 Å². The minimum absolute atomic E-state index is 0.836. The molecule has 17 heavy (non-hydrogen) atoms. The van der Waals surface area contributed by atoms with Gasteiger partial charge in [0.25, 0.3) is 0 Å². The summed E-state index contributed by atoms with van der Waals surface area (Å²) in [6.07, 6.45) is 0. The van der Waals surface area contributed by atoms with Crippen LogP contribution in [0.2, 0.25) is 0 Å². The van der Waals surface area contributed by atoms with Crippen LogP contribution in [0, 0.1) is 6.92 Å². The SMILES string of the molecule is Cc1ccsc1CN(C)Cc1cccc(N)c1. The first-order valence-electron chi connectivity index (χ1n) is 5.71. The van der Waals surface area contributed by atoms with Crippen LogP contribution in [0.3, 0.4) is 0 Å². The molecule has 3 heteroatoms. The van der Waals surface area contributed by atoms with Gasteiger partial charge in [0.15, 0.2) is 0 Å². The van der Waals surface area contributed by atoms with Gasteiger partial charge in [-0.25, -0.2) is 0 Å². The maximum Gasteiger partial charge on any atom is 0.0331 e. The van der Waals surface area contributed by atoms with Crippen LogP contribution in [0.1, 0.15) is 16.0 Å². The number of nitrogen functional groups attached to an aromatic ring is 1. The second-order valence-corrected chi connectivity index (χ2v) is 5.44. The van der Waals surface area contributed by atoms with Crippen LogP contribution in [0.5, 0.6) is 0 Å². The maximum atomic E-state index is 5.78. The average molecular weight is 246 g/mol. The van der Waals surface area contributed by atoms with Crippen molar-refractivity contribution in [2.75, 3.05) is 12.8 Å². The van der Waals surface area contributed by atoms with E-state index in [1.807, 2.05) is 29.5 Å². The molecule has 2 nitrogen and oxygen atoms in total. The Morgan fingerprint density at radius 2 is 2.06 bits per heavy atom. The lowest BCUT2D eigenvalue weighted by Gasteiger charge is -2.16. The molecule has 0 fully saturated rings. The van der Waals surface area contributed by atoms with Gasteiger partial charge in [0.05, 0.1) is 0 Å². The van der Waals surface area contributed by atoms with E-state index in [1.54, 1.807) is 0 Å². The van der Waals surface area contributed by atoms with Crippen LogP contribution in [-0.4, -0.2) is 11.9 Å². The van der Waals surface area contributed by atoms with Crippen molar-refractivity contribution in [1.29, 1.82) is 0 Å². The Hall–Kier alpha value is -1.32. The van der Waals surface area contributed by atoms with Crippen molar-refractivity contribution >= 4 is 17.0 Å². The van der Waals surface area contributed by atoms with Crippen molar-refractivity contribution in [2.45, 2.75) is 20.0 Å². The first-order chi connectivity index (χ1) is 8.15. The van der Waals surface area contributed by atoms with Crippen LogP contribution in [0.25, 0.3) is 0 Å². The van der Waals surface area contributed by atoms with Crippen LogP contribution < -0.4 is 5.73 Å². The third kappa shape index (κ3) is 3.32. The van der Waals surface area contributed by atoms with Crippen molar-refractivity contribution in [1.82, 2.24) is 4.90 Å². The topological polar surface area (TPSA) is 29.3 Å². The molecule has 0 radical (unpaired) electrons.